The third-order valence-corrected chi connectivity index (χ3v) is 3.39. The molecule has 2 heteroatoms. The average molecular weight is 228 g/mol. The lowest BCUT2D eigenvalue weighted by Gasteiger charge is -2.13. The van der Waals surface area contributed by atoms with Crippen molar-refractivity contribution in [3.8, 4) is 0 Å². The van der Waals surface area contributed by atoms with Gasteiger partial charge in [0, 0.05) is 23.5 Å². The van der Waals surface area contributed by atoms with Gasteiger partial charge in [-0.3, -0.25) is 4.98 Å². The van der Waals surface area contributed by atoms with E-state index in [0.717, 1.165) is 17.6 Å². The van der Waals surface area contributed by atoms with E-state index in [2.05, 4.69) is 45.0 Å². The first kappa shape index (κ1) is 12.1. The Hall–Kier alpha value is -1.41. The Balaban J connectivity index is 2.69. The van der Waals surface area contributed by atoms with Crippen molar-refractivity contribution in [3.63, 3.8) is 0 Å². The van der Waals surface area contributed by atoms with Crippen molar-refractivity contribution >= 4 is 10.9 Å². The second-order valence-corrected chi connectivity index (χ2v) is 4.67. The lowest BCUT2D eigenvalue weighted by molar-refractivity contribution is 0.748. The normalized spacial score (nSPS) is 12.9. The molecule has 1 unspecified atom stereocenters. The highest BCUT2D eigenvalue weighted by atomic mass is 14.7. The summed E-state index contributed by atoms with van der Waals surface area (Å²) in [6.07, 6.45) is 1.02. The minimum absolute atomic E-state index is 0.322. The van der Waals surface area contributed by atoms with Crippen molar-refractivity contribution < 1.29 is 0 Å². The van der Waals surface area contributed by atoms with Gasteiger partial charge in [0.05, 0.1) is 5.52 Å². The maximum Gasteiger partial charge on any atom is 0.0739 e. The van der Waals surface area contributed by atoms with Crippen LogP contribution in [0.25, 0.3) is 10.9 Å². The molecular formula is C15H20N2. The van der Waals surface area contributed by atoms with Gasteiger partial charge in [-0.25, -0.2) is 0 Å². The number of nitrogens with zero attached hydrogens (tertiary/aromatic N) is 1. The summed E-state index contributed by atoms with van der Waals surface area (Å²) < 4.78 is 0. The van der Waals surface area contributed by atoms with E-state index in [9.17, 15) is 0 Å². The number of hydrogen-bond donors (Lipinski definition) is 1. The van der Waals surface area contributed by atoms with Crippen LogP contribution >= 0.6 is 0 Å². The predicted molar refractivity (Wildman–Crippen MR) is 73.3 cm³/mol. The van der Waals surface area contributed by atoms with Crippen LogP contribution in [-0.4, -0.2) is 11.5 Å². The van der Waals surface area contributed by atoms with E-state index in [1.807, 2.05) is 0 Å². The largest absolute Gasteiger partial charge is 0.330 e. The van der Waals surface area contributed by atoms with Crippen LogP contribution < -0.4 is 5.73 Å². The summed E-state index contributed by atoms with van der Waals surface area (Å²) in [4.78, 5) is 4.80. The Morgan fingerprint density at radius 1 is 1.35 bits per heavy atom. The molecular weight excluding hydrogens is 208 g/mol. The summed E-state index contributed by atoms with van der Waals surface area (Å²) in [6.45, 7) is 7.09. The third-order valence-electron chi connectivity index (χ3n) is 3.39. The van der Waals surface area contributed by atoms with Gasteiger partial charge in [-0.15, -0.1) is 0 Å². The van der Waals surface area contributed by atoms with Crippen molar-refractivity contribution in [1.29, 1.82) is 0 Å². The topological polar surface area (TPSA) is 38.9 Å². The van der Waals surface area contributed by atoms with Crippen molar-refractivity contribution in [1.82, 2.24) is 4.98 Å². The summed E-state index contributed by atoms with van der Waals surface area (Å²) in [5.41, 5.74) is 10.6. The fourth-order valence-corrected chi connectivity index (χ4v) is 2.16. The molecule has 2 nitrogen and oxygen atoms in total. The lowest BCUT2D eigenvalue weighted by Crippen LogP contribution is -2.11. The summed E-state index contributed by atoms with van der Waals surface area (Å²) in [7, 11) is 0. The highest BCUT2D eigenvalue weighted by molar-refractivity contribution is 5.85. The van der Waals surface area contributed by atoms with Gasteiger partial charge in [-0.1, -0.05) is 32.0 Å². The lowest BCUT2D eigenvalue weighted by atomic mass is 10.00. The number of benzene rings is 1. The summed E-state index contributed by atoms with van der Waals surface area (Å²) in [6, 6.07) is 8.58. The van der Waals surface area contributed by atoms with E-state index in [0.29, 0.717) is 12.5 Å². The molecule has 1 aromatic heterocycles. The second-order valence-electron chi connectivity index (χ2n) is 4.67. The Morgan fingerprint density at radius 3 is 2.76 bits per heavy atom. The van der Waals surface area contributed by atoms with Crippen LogP contribution in [0.2, 0.25) is 0 Å². The van der Waals surface area contributed by atoms with Gasteiger partial charge in [0.15, 0.2) is 0 Å². The van der Waals surface area contributed by atoms with Crippen LogP contribution in [0.15, 0.2) is 24.3 Å². The Labute approximate surface area is 103 Å². The van der Waals surface area contributed by atoms with E-state index in [1.165, 1.54) is 16.5 Å². The molecule has 2 N–H and O–H groups in total. The van der Waals surface area contributed by atoms with Gasteiger partial charge in [-0.2, -0.15) is 0 Å². The van der Waals surface area contributed by atoms with Crippen molar-refractivity contribution in [2.75, 3.05) is 6.54 Å². The highest BCUT2D eigenvalue weighted by Gasteiger charge is 2.10. The number of fused-ring (bicyclic) bond motifs is 1. The van der Waals surface area contributed by atoms with Gasteiger partial charge in [0.25, 0.3) is 0 Å². The van der Waals surface area contributed by atoms with Crippen LogP contribution in [0.3, 0.4) is 0 Å². The zero-order valence-corrected chi connectivity index (χ0v) is 10.8. The van der Waals surface area contributed by atoms with Crippen LogP contribution in [0, 0.1) is 6.92 Å². The van der Waals surface area contributed by atoms with Gasteiger partial charge < -0.3 is 5.73 Å². The minimum atomic E-state index is 0.322. The first-order valence-electron chi connectivity index (χ1n) is 6.26. The number of para-hydroxylation sites is 1. The summed E-state index contributed by atoms with van der Waals surface area (Å²) in [5, 5.41) is 1.26. The molecule has 0 saturated carbocycles. The molecule has 90 valence electrons. The summed E-state index contributed by atoms with van der Waals surface area (Å²) >= 11 is 0. The molecule has 0 amide bonds. The molecule has 0 aliphatic rings. The molecule has 1 atom stereocenters. The van der Waals surface area contributed by atoms with E-state index in [4.69, 9.17) is 10.7 Å². The molecule has 0 spiro atoms. The SMILES string of the molecule is CCc1cccc2c(C)cc(C(C)CN)nc12. The highest BCUT2D eigenvalue weighted by Crippen LogP contribution is 2.24. The molecule has 0 fully saturated rings. The van der Waals surface area contributed by atoms with E-state index < -0.39 is 0 Å². The number of rotatable bonds is 3. The Bertz CT molecular complexity index is 532. The molecule has 0 saturated heterocycles. The first-order valence-corrected chi connectivity index (χ1v) is 6.26. The second kappa shape index (κ2) is 4.84. The van der Waals surface area contributed by atoms with Crippen molar-refractivity contribution in [2.45, 2.75) is 33.1 Å². The Morgan fingerprint density at radius 2 is 2.12 bits per heavy atom. The van der Waals surface area contributed by atoms with Gasteiger partial charge in [0.1, 0.15) is 0 Å². The molecule has 0 aliphatic carbocycles. The van der Waals surface area contributed by atoms with E-state index in [1.54, 1.807) is 0 Å². The minimum Gasteiger partial charge on any atom is -0.330 e. The van der Waals surface area contributed by atoms with Crippen LogP contribution in [0.1, 0.15) is 36.6 Å². The number of aryl methyl sites for hydroxylation is 2. The molecule has 0 bridgehead atoms. The average Bonchev–Trinajstić information content (AvgIpc) is 2.37. The Kier molecular flexibility index (Phi) is 3.43. The van der Waals surface area contributed by atoms with Gasteiger partial charge >= 0.3 is 0 Å². The molecule has 0 aliphatic heterocycles. The molecule has 2 aromatic rings. The zero-order chi connectivity index (χ0) is 12.4. The monoisotopic (exact) mass is 228 g/mol. The van der Waals surface area contributed by atoms with Crippen molar-refractivity contribution in [3.05, 3.63) is 41.1 Å². The molecule has 17 heavy (non-hydrogen) atoms. The maximum atomic E-state index is 5.73. The smallest absolute Gasteiger partial charge is 0.0739 e. The van der Waals surface area contributed by atoms with Crippen molar-refractivity contribution in [2.24, 2.45) is 5.73 Å². The third kappa shape index (κ3) is 2.18. The van der Waals surface area contributed by atoms with E-state index >= 15 is 0 Å². The predicted octanol–water partition coefficient (Wildman–Crippen LogP) is 3.17. The van der Waals surface area contributed by atoms with Gasteiger partial charge in [-0.05, 0) is 30.5 Å². The zero-order valence-electron chi connectivity index (χ0n) is 10.8. The summed E-state index contributed by atoms with van der Waals surface area (Å²) in [5.74, 6) is 0.322. The van der Waals surface area contributed by atoms with Crippen LogP contribution in [0.5, 0.6) is 0 Å². The van der Waals surface area contributed by atoms with E-state index in [-0.39, 0.29) is 0 Å². The molecule has 1 aromatic carbocycles. The molecule has 2 rings (SSSR count). The molecule has 1 heterocycles. The number of nitrogens with two attached hydrogens (primary N) is 1. The van der Waals surface area contributed by atoms with Crippen LogP contribution in [-0.2, 0) is 6.42 Å². The standard InChI is InChI=1S/C15H20N2/c1-4-12-6-5-7-13-10(2)8-14(11(3)9-16)17-15(12)13/h5-8,11H,4,9,16H2,1-3H3. The fourth-order valence-electron chi connectivity index (χ4n) is 2.16. The number of pyridine rings is 1. The number of hydrogen-bond acceptors (Lipinski definition) is 2. The van der Waals surface area contributed by atoms with Crippen LogP contribution in [0.4, 0.5) is 0 Å². The first-order chi connectivity index (χ1) is 8.17. The fraction of sp³-hybridized carbons (Fsp3) is 0.400. The number of aromatic nitrogens is 1. The maximum absolute atomic E-state index is 5.73. The quantitative estimate of drug-likeness (QED) is 0.876. The molecule has 0 radical (unpaired) electrons. The van der Waals surface area contributed by atoms with Gasteiger partial charge in [0.2, 0.25) is 0 Å².